The lowest BCUT2D eigenvalue weighted by molar-refractivity contribution is -0.116. The average Bonchev–Trinajstić information content (AvgIpc) is 3.04. The van der Waals surface area contributed by atoms with Gasteiger partial charge in [0.25, 0.3) is 0 Å². The van der Waals surface area contributed by atoms with Gasteiger partial charge in [-0.3, -0.25) is 9.36 Å². The summed E-state index contributed by atoms with van der Waals surface area (Å²) in [6.07, 6.45) is 1.74. The highest BCUT2D eigenvalue weighted by Crippen LogP contribution is 2.23. The van der Waals surface area contributed by atoms with Crippen LogP contribution in [0.25, 0.3) is 0 Å². The predicted molar refractivity (Wildman–Crippen MR) is 126 cm³/mol. The number of anilines is 2. The molecule has 0 saturated heterocycles. The van der Waals surface area contributed by atoms with Crippen molar-refractivity contribution in [1.82, 2.24) is 14.3 Å². The van der Waals surface area contributed by atoms with E-state index in [1.54, 1.807) is 31.4 Å². The molecule has 9 heteroatoms. The van der Waals surface area contributed by atoms with Gasteiger partial charge in [0.15, 0.2) is 10.6 Å². The lowest BCUT2D eigenvalue weighted by Gasteiger charge is -2.10. The maximum absolute atomic E-state index is 12.6. The number of carbonyl (C=O) groups excluding carboxylic acids is 1. The molecule has 162 valence electrons. The van der Waals surface area contributed by atoms with E-state index in [0.717, 1.165) is 11.3 Å². The molecule has 31 heavy (non-hydrogen) atoms. The van der Waals surface area contributed by atoms with E-state index in [0.29, 0.717) is 40.1 Å². The van der Waals surface area contributed by atoms with Crippen molar-refractivity contribution < 1.29 is 9.53 Å². The number of nitrogens with zero attached hydrogens (tertiary/aromatic N) is 3. The van der Waals surface area contributed by atoms with Crippen LogP contribution in [0.1, 0.15) is 11.4 Å². The van der Waals surface area contributed by atoms with Gasteiger partial charge in [-0.2, -0.15) is 5.10 Å². The number of rotatable bonds is 9. The zero-order chi connectivity index (χ0) is 22.4. The fraction of sp³-hybridized carbons (Fsp3) is 0.227. The van der Waals surface area contributed by atoms with E-state index in [-0.39, 0.29) is 12.5 Å². The van der Waals surface area contributed by atoms with Crippen molar-refractivity contribution in [2.24, 2.45) is 0 Å². The Balaban J connectivity index is 1.76. The van der Waals surface area contributed by atoms with Gasteiger partial charge >= 0.3 is 0 Å². The SMILES string of the molecule is C=CCn1c(CNc2cccc(Cl)c2C)nn(CC(=O)Nc2cccc(OC)c2)c1=S. The van der Waals surface area contributed by atoms with Crippen LogP contribution in [0.15, 0.2) is 55.1 Å². The van der Waals surface area contributed by atoms with Crippen molar-refractivity contribution in [3.63, 3.8) is 0 Å². The van der Waals surface area contributed by atoms with E-state index >= 15 is 0 Å². The van der Waals surface area contributed by atoms with Crippen LogP contribution in [-0.4, -0.2) is 27.4 Å². The van der Waals surface area contributed by atoms with Crippen LogP contribution in [0.4, 0.5) is 11.4 Å². The van der Waals surface area contributed by atoms with Gasteiger partial charge in [-0.1, -0.05) is 29.8 Å². The molecule has 0 radical (unpaired) electrons. The van der Waals surface area contributed by atoms with Crippen LogP contribution in [0, 0.1) is 11.7 Å². The van der Waals surface area contributed by atoms with Crippen molar-refractivity contribution >= 4 is 41.1 Å². The number of carbonyl (C=O) groups is 1. The van der Waals surface area contributed by atoms with Gasteiger partial charge in [0, 0.05) is 29.0 Å². The molecule has 0 saturated carbocycles. The van der Waals surface area contributed by atoms with Gasteiger partial charge in [-0.25, -0.2) is 4.68 Å². The quantitative estimate of drug-likeness (QED) is 0.356. The van der Waals surface area contributed by atoms with Crippen LogP contribution < -0.4 is 15.4 Å². The molecule has 0 unspecified atom stereocenters. The van der Waals surface area contributed by atoms with E-state index in [9.17, 15) is 4.79 Å². The van der Waals surface area contributed by atoms with Crippen LogP contribution in [0.2, 0.25) is 5.02 Å². The smallest absolute Gasteiger partial charge is 0.246 e. The van der Waals surface area contributed by atoms with Crippen molar-refractivity contribution in [2.75, 3.05) is 17.7 Å². The molecule has 0 fully saturated rings. The number of ether oxygens (including phenoxy) is 1. The minimum absolute atomic E-state index is 0.0105. The summed E-state index contributed by atoms with van der Waals surface area (Å²) in [4.78, 5) is 12.6. The van der Waals surface area contributed by atoms with Gasteiger partial charge in [-0.15, -0.1) is 6.58 Å². The molecule has 3 aromatic rings. The first-order valence-electron chi connectivity index (χ1n) is 9.63. The Bertz CT molecular complexity index is 1160. The molecular weight excluding hydrogens is 434 g/mol. The summed E-state index contributed by atoms with van der Waals surface area (Å²) in [5, 5.41) is 11.4. The Morgan fingerprint density at radius 2 is 2.10 bits per heavy atom. The van der Waals surface area contributed by atoms with Crippen molar-refractivity contribution in [2.45, 2.75) is 26.6 Å². The fourth-order valence-electron chi connectivity index (χ4n) is 3.04. The number of amides is 1. The summed E-state index contributed by atoms with van der Waals surface area (Å²) >= 11 is 11.7. The van der Waals surface area contributed by atoms with Crippen LogP contribution in [0.5, 0.6) is 5.75 Å². The number of benzene rings is 2. The van der Waals surface area contributed by atoms with E-state index in [4.69, 9.17) is 28.6 Å². The minimum Gasteiger partial charge on any atom is -0.497 e. The molecule has 1 heterocycles. The van der Waals surface area contributed by atoms with Crippen LogP contribution >= 0.6 is 23.8 Å². The molecule has 2 N–H and O–H groups in total. The molecule has 0 bridgehead atoms. The first-order chi connectivity index (χ1) is 14.9. The van der Waals surface area contributed by atoms with E-state index < -0.39 is 0 Å². The summed E-state index contributed by atoms with van der Waals surface area (Å²) in [5.41, 5.74) is 2.50. The second-order valence-corrected chi connectivity index (χ2v) is 7.57. The van der Waals surface area contributed by atoms with Gasteiger partial charge in [0.2, 0.25) is 5.91 Å². The largest absolute Gasteiger partial charge is 0.497 e. The third-order valence-corrected chi connectivity index (χ3v) is 5.50. The number of allylic oxidation sites excluding steroid dienone is 1. The number of hydrogen-bond acceptors (Lipinski definition) is 5. The summed E-state index contributed by atoms with van der Waals surface area (Å²) in [6.45, 7) is 6.64. The van der Waals surface area contributed by atoms with Gasteiger partial charge < -0.3 is 15.4 Å². The predicted octanol–water partition coefficient (Wildman–Crippen LogP) is 4.82. The fourth-order valence-corrected chi connectivity index (χ4v) is 3.50. The van der Waals surface area contributed by atoms with E-state index in [1.165, 1.54) is 4.68 Å². The third-order valence-electron chi connectivity index (χ3n) is 4.66. The lowest BCUT2D eigenvalue weighted by atomic mass is 10.2. The number of methoxy groups -OCH3 is 1. The summed E-state index contributed by atoms with van der Waals surface area (Å²) in [5.74, 6) is 1.12. The normalized spacial score (nSPS) is 10.5. The molecule has 1 aromatic heterocycles. The maximum Gasteiger partial charge on any atom is 0.246 e. The van der Waals surface area contributed by atoms with Crippen molar-refractivity contribution in [3.8, 4) is 5.75 Å². The highest BCUT2D eigenvalue weighted by Gasteiger charge is 2.14. The Morgan fingerprint density at radius 3 is 2.84 bits per heavy atom. The molecular formula is C22H24ClN5O2S. The molecule has 1 amide bonds. The molecule has 3 rings (SSSR count). The monoisotopic (exact) mass is 457 g/mol. The van der Waals surface area contributed by atoms with Crippen molar-refractivity contribution in [3.05, 3.63) is 76.3 Å². The molecule has 0 aliphatic rings. The first-order valence-corrected chi connectivity index (χ1v) is 10.4. The highest BCUT2D eigenvalue weighted by molar-refractivity contribution is 7.71. The first kappa shape index (κ1) is 22.6. The molecule has 0 aliphatic carbocycles. The number of hydrogen-bond donors (Lipinski definition) is 2. The maximum atomic E-state index is 12.6. The molecule has 7 nitrogen and oxygen atoms in total. The van der Waals surface area contributed by atoms with E-state index in [1.807, 2.05) is 35.8 Å². The molecule has 0 atom stereocenters. The number of aromatic nitrogens is 3. The zero-order valence-corrected chi connectivity index (χ0v) is 19.0. The van der Waals surface area contributed by atoms with Crippen LogP contribution in [0.3, 0.4) is 0 Å². The third kappa shape index (κ3) is 5.53. The summed E-state index contributed by atoms with van der Waals surface area (Å²) in [6, 6.07) is 12.8. The highest BCUT2D eigenvalue weighted by atomic mass is 35.5. The second kappa shape index (κ2) is 10.3. The van der Waals surface area contributed by atoms with E-state index in [2.05, 4.69) is 22.3 Å². The Labute approximate surface area is 191 Å². The Kier molecular flexibility index (Phi) is 7.49. The van der Waals surface area contributed by atoms with Crippen molar-refractivity contribution in [1.29, 1.82) is 0 Å². The minimum atomic E-state index is -0.238. The molecule has 0 spiro atoms. The van der Waals surface area contributed by atoms with Gasteiger partial charge in [0.1, 0.15) is 12.3 Å². The number of nitrogens with one attached hydrogen (secondary N) is 2. The summed E-state index contributed by atoms with van der Waals surface area (Å²) < 4.78 is 8.98. The topological polar surface area (TPSA) is 73.1 Å². The Hall–Kier alpha value is -3.10. The standard InChI is InChI=1S/C22H24ClN5O2S/c1-4-11-27-20(13-24-19-10-6-9-18(23)15(19)2)26-28(22(27)31)14-21(29)25-16-7-5-8-17(12-16)30-3/h4-10,12,24H,1,11,13-14H2,2-3H3,(H,25,29). The lowest BCUT2D eigenvalue weighted by Crippen LogP contribution is -2.20. The molecule has 2 aromatic carbocycles. The average molecular weight is 458 g/mol. The Morgan fingerprint density at radius 1 is 1.32 bits per heavy atom. The molecule has 0 aliphatic heterocycles. The zero-order valence-electron chi connectivity index (χ0n) is 17.4. The summed E-state index contributed by atoms with van der Waals surface area (Å²) in [7, 11) is 1.58. The van der Waals surface area contributed by atoms with Crippen LogP contribution in [-0.2, 0) is 24.4 Å². The van der Waals surface area contributed by atoms with Gasteiger partial charge in [0.05, 0.1) is 13.7 Å². The number of halogens is 1. The van der Waals surface area contributed by atoms with Gasteiger partial charge in [-0.05, 0) is 49.0 Å². The second-order valence-electron chi connectivity index (χ2n) is 6.80.